The van der Waals surface area contributed by atoms with Crippen molar-refractivity contribution in [2.24, 2.45) is 0 Å². The Labute approximate surface area is 186 Å². The highest BCUT2D eigenvalue weighted by atomic mass is 16.2. The minimum atomic E-state index is -0.367. The Balaban J connectivity index is 1.52. The minimum absolute atomic E-state index is 0.220. The molecule has 7 heteroatoms. The van der Waals surface area contributed by atoms with E-state index in [1.807, 2.05) is 74.4 Å². The maximum Gasteiger partial charge on any atom is 0.275 e. The van der Waals surface area contributed by atoms with Crippen molar-refractivity contribution in [3.8, 4) is 0 Å². The predicted octanol–water partition coefficient (Wildman–Crippen LogP) is 4.51. The Bertz CT molecular complexity index is 1320. The van der Waals surface area contributed by atoms with Crippen LogP contribution in [0.25, 0.3) is 11.0 Å². The van der Waals surface area contributed by atoms with E-state index in [4.69, 9.17) is 0 Å². The Morgan fingerprint density at radius 3 is 2.41 bits per heavy atom. The summed E-state index contributed by atoms with van der Waals surface area (Å²) in [6.45, 7) is 1.88. The number of amides is 2. The molecule has 0 saturated carbocycles. The van der Waals surface area contributed by atoms with Crippen LogP contribution < -0.4 is 15.5 Å². The number of aryl methyl sites for hydroxylation is 1. The Kier molecular flexibility index (Phi) is 5.81. The zero-order valence-corrected chi connectivity index (χ0v) is 18.1. The van der Waals surface area contributed by atoms with Gasteiger partial charge in [-0.05, 0) is 55.0 Å². The van der Waals surface area contributed by atoms with Gasteiger partial charge < -0.3 is 15.5 Å². The molecule has 0 fully saturated rings. The molecule has 0 radical (unpaired) electrons. The first-order valence-electron chi connectivity index (χ1n) is 10.1. The summed E-state index contributed by atoms with van der Waals surface area (Å²) in [6.07, 6.45) is 1.45. The Morgan fingerprint density at radius 2 is 1.62 bits per heavy atom. The fraction of sp³-hybridized carbons (Fsp3) is 0.120. The molecule has 3 aromatic carbocycles. The lowest BCUT2D eigenvalue weighted by Gasteiger charge is -2.14. The van der Waals surface area contributed by atoms with Crippen molar-refractivity contribution in [2.75, 3.05) is 29.6 Å². The van der Waals surface area contributed by atoms with Gasteiger partial charge in [-0.1, -0.05) is 24.3 Å². The standard InChI is InChI=1S/C25H23N5O2/c1-16-11-12-18(27-24(31)17-7-6-8-19(13-17)30(2)3)14-22(16)29-25(32)23-15-26-20-9-4-5-10-21(20)28-23/h4-15H,1-3H3,(H,27,31)(H,29,32). The van der Waals surface area contributed by atoms with Crippen molar-refractivity contribution in [3.05, 3.63) is 89.7 Å². The molecule has 0 aliphatic carbocycles. The highest BCUT2D eigenvalue weighted by Gasteiger charge is 2.13. The molecule has 4 rings (SSSR count). The van der Waals surface area contributed by atoms with Gasteiger partial charge in [0.15, 0.2) is 0 Å². The maximum absolute atomic E-state index is 12.8. The van der Waals surface area contributed by atoms with Crippen molar-refractivity contribution in [3.63, 3.8) is 0 Å². The summed E-state index contributed by atoms with van der Waals surface area (Å²) >= 11 is 0. The number of anilines is 3. The van der Waals surface area contributed by atoms with Crippen LogP contribution in [-0.2, 0) is 0 Å². The molecule has 2 N–H and O–H groups in total. The lowest BCUT2D eigenvalue weighted by molar-refractivity contribution is 0.101. The molecular formula is C25H23N5O2. The van der Waals surface area contributed by atoms with Gasteiger partial charge in [-0.15, -0.1) is 0 Å². The molecular weight excluding hydrogens is 402 g/mol. The molecule has 0 aliphatic heterocycles. The Morgan fingerprint density at radius 1 is 0.844 bits per heavy atom. The summed E-state index contributed by atoms with van der Waals surface area (Å²) in [6, 6.07) is 20.1. The van der Waals surface area contributed by atoms with Gasteiger partial charge in [0, 0.05) is 36.7 Å². The van der Waals surface area contributed by atoms with E-state index in [0.29, 0.717) is 22.5 Å². The summed E-state index contributed by atoms with van der Waals surface area (Å²) in [7, 11) is 3.84. The van der Waals surface area contributed by atoms with Gasteiger partial charge in [-0.2, -0.15) is 0 Å². The first-order chi connectivity index (χ1) is 15.4. The number of carbonyl (C=O) groups excluding carboxylic acids is 2. The number of aromatic nitrogens is 2. The third kappa shape index (κ3) is 4.57. The number of fused-ring (bicyclic) bond motifs is 1. The quantitative estimate of drug-likeness (QED) is 0.491. The zero-order valence-electron chi connectivity index (χ0n) is 18.1. The van der Waals surface area contributed by atoms with E-state index >= 15 is 0 Å². The fourth-order valence-electron chi connectivity index (χ4n) is 3.22. The molecule has 1 heterocycles. The Hall–Kier alpha value is -4.26. The van der Waals surface area contributed by atoms with Crippen LogP contribution in [-0.4, -0.2) is 35.9 Å². The third-order valence-electron chi connectivity index (χ3n) is 5.05. The second-order valence-electron chi connectivity index (χ2n) is 7.63. The minimum Gasteiger partial charge on any atom is -0.378 e. The number of para-hydroxylation sites is 2. The highest BCUT2D eigenvalue weighted by molar-refractivity contribution is 6.06. The van der Waals surface area contributed by atoms with Gasteiger partial charge in [0.25, 0.3) is 11.8 Å². The number of hydrogen-bond donors (Lipinski definition) is 2. The number of rotatable bonds is 5. The SMILES string of the molecule is Cc1ccc(NC(=O)c2cccc(N(C)C)c2)cc1NC(=O)c1cnc2ccccc2n1. The predicted molar refractivity (Wildman–Crippen MR) is 127 cm³/mol. The van der Waals surface area contributed by atoms with E-state index in [1.165, 1.54) is 6.20 Å². The van der Waals surface area contributed by atoms with Crippen molar-refractivity contribution in [1.29, 1.82) is 0 Å². The lowest BCUT2D eigenvalue weighted by atomic mass is 10.1. The number of benzene rings is 3. The summed E-state index contributed by atoms with van der Waals surface area (Å²) < 4.78 is 0. The first-order valence-corrected chi connectivity index (χ1v) is 10.1. The smallest absolute Gasteiger partial charge is 0.275 e. The van der Waals surface area contributed by atoms with Crippen molar-refractivity contribution >= 4 is 39.9 Å². The molecule has 2 amide bonds. The van der Waals surface area contributed by atoms with E-state index in [2.05, 4.69) is 20.6 Å². The topological polar surface area (TPSA) is 87.2 Å². The van der Waals surface area contributed by atoms with Crippen molar-refractivity contribution in [1.82, 2.24) is 9.97 Å². The normalized spacial score (nSPS) is 10.6. The van der Waals surface area contributed by atoms with E-state index in [1.54, 1.807) is 18.2 Å². The van der Waals surface area contributed by atoms with E-state index in [9.17, 15) is 9.59 Å². The number of nitrogens with zero attached hydrogens (tertiary/aromatic N) is 3. The summed E-state index contributed by atoms with van der Waals surface area (Å²) in [5.74, 6) is -0.594. The zero-order chi connectivity index (χ0) is 22.7. The van der Waals surface area contributed by atoms with Gasteiger partial charge in [-0.25, -0.2) is 4.98 Å². The second kappa shape index (κ2) is 8.85. The van der Waals surface area contributed by atoms with Crippen LogP contribution in [0.15, 0.2) is 72.9 Å². The van der Waals surface area contributed by atoms with Gasteiger partial charge in [0.1, 0.15) is 5.69 Å². The molecule has 4 aromatic rings. The molecule has 32 heavy (non-hydrogen) atoms. The number of nitrogens with one attached hydrogen (secondary N) is 2. The molecule has 0 bridgehead atoms. The average Bonchev–Trinajstić information content (AvgIpc) is 2.81. The molecule has 0 spiro atoms. The van der Waals surface area contributed by atoms with Crippen LogP contribution in [0.4, 0.5) is 17.1 Å². The van der Waals surface area contributed by atoms with E-state index in [-0.39, 0.29) is 17.5 Å². The van der Waals surface area contributed by atoms with E-state index < -0.39 is 0 Å². The lowest BCUT2D eigenvalue weighted by Crippen LogP contribution is -2.16. The number of hydrogen-bond acceptors (Lipinski definition) is 5. The number of carbonyl (C=O) groups is 2. The average molecular weight is 425 g/mol. The molecule has 0 saturated heterocycles. The van der Waals surface area contributed by atoms with E-state index in [0.717, 1.165) is 16.8 Å². The van der Waals surface area contributed by atoms with Gasteiger partial charge in [0.05, 0.1) is 17.2 Å². The monoisotopic (exact) mass is 425 g/mol. The first kappa shape index (κ1) is 21.0. The van der Waals surface area contributed by atoms with Crippen molar-refractivity contribution in [2.45, 2.75) is 6.92 Å². The van der Waals surface area contributed by atoms with Crippen LogP contribution in [0.2, 0.25) is 0 Å². The third-order valence-corrected chi connectivity index (χ3v) is 5.05. The molecule has 1 aromatic heterocycles. The molecule has 7 nitrogen and oxygen atoms in total. The summed E-state index contributed by atoms with van der Waals surface area (Å²) in [5, 5.41) is 5.76. The molecule has 0 atom stereocenters. The fourth-order valence-corrected chi connectivity index (χ4v) is 3.22. The van der Waals surface area contributed by atoms with Gasteiger partial charge >= 0.3 is 0 Å². The maximum atomic E-state index is 12.8. The van der Waals surface area contributed by atoms with Gasteiger partial charge in [0.2, 0.25) is 0 Å². The van der Waals surface area contributed by atoms with Crippen LogP contribution in [0.5, 0.6) is 0 Å². The van der Waals surface area contributed by atoms with Crippen LogP contribution >= 0.6 is 0 Å². The molecule has 0 aliphatic rings. The largest absolute Gasteiger partial charge is 0.378 e. The molecule has 0 unspecified atom stereocenters. The van der Waals surface area contributed by atoms with Crippen LogP contribution in [0.1, 0.15) is 26.4 Å². The highest BCUT2D eigenvalue weighted by Crippen LogP contribution is 2.22. The second-order valence-corrected chi connectivity index (χ2v) is 7.63. The summed E-state index contributed by atoms with van der Waals surface area (Å²) in [5.41, 5.74) is 5.11. The van der Waals surface area contributed by atoms with Crippen LogP contribution in [0, 0.1) is 6.92 Å². The molecule has 160 valence electrons. The van der Waals surface area contributed by atoms with Crippen molar-refractivity contribution < 1.29 is 9.59 Å². The van der Waals surface area contributed by atoms with Gasteiger partial charge in [-0.3, -0.25) is 14.6 Å². The summed E-state index contributed by atoms with van der Waals surface area (Å²) in [4.78, 5) is 36.1. The van der Waals surface area contributed by atoms with Crippen LogP contribution in [0.3, 0.4) is 0 Å².